The number of benzene rings is 4. The third-order valence-corrected chi connectivity index (χ3v) is 7.89. The fourth-order valence-corrected chi connectivity index (χ4v) is 5.37. The average Bonchev–Trinajstić information content (AvgIpc) is 3.19. The smallest absolute Gasteiger partial charge is 0.252 e. The molecule has 0 radical (unpaired) electrons. The first-order valence-corrected chi connectivity index (χ1v) is 17.4. The van der Waals surface area contributed by atoms with Crippen LogP contribution in [0.5, 0.6) is 23.0 Å². The van der Waals surface area contributed by atoms with Crippen LogP contribution in [-0.4, -0.2) is 59.2 Å². The van der Waals surface area contributed by atoms with Crippen molar-refractivity contribution in [2.75, 3.05) is 33.2 Å². The van der Waals surface area contributed by atoms with Gasteiger partial charge in [-0.1, -0.05) is 41.9 Å². The van der Waals surface area contributed by atoms with Gasteiger partial charge in [-0.2, -0.15) is 0 Å². The number of halogens is 2. The lowest BCUT2D eigenvalue weighted by atomic mass is 10.0. The molecule has 0 fully saturated rings. The van der Waals surface area contributed by atoms with E-state index in [1.54, 1.807) is 30.3 Å². The maximum atomic E-state index is 11.6. The number of methoxy groups -OCH3 is 2. The Morgan fingerprint density at radius 3 is 1.64 bits per heavy atom. The van der Waals surface area contributed by atoms with E-state index in [0.717, 1.165) is 45.3 Å². The molecule has 2 aromatic heterocycles. The summed E-state index contributed by atoms with van der Waals surface area (Å²) in [6.45, 7) is 5.10. The molecule has 6 N–H and O–H groups in total. The predicted molar refractivity (Wildman–Crippen MR) is 213 cm³/mol. The molecule has 0 saturated heterocycles. The van der Waals surface area contributed by atoms with Crippen molar-refractivity contribution < 1.29 is 40.9 Å². The highest BCUT2D eigenvalue weighted by molar-refractivity contribution is 6.29. The summed E-state index contributed by atoms with van der Waals surface area (Å²) in [5.74, 6) is 1.42. The molecular weight excluding hydrogens is 757 g/mol. The number of rotatable bonds is 12. The molecule has 292 valence electrons. The van der Waals surface area contributed by atoms with Crippen molar-refractivity contribution in [3.05, 3.63) is 137 Å². The highest BCUT2D eigenvalue weighted by Crippen LogP contribution is 2.30. The van der Waals surface area contributed by atoms with Crippen molar-refractivity contribution in [2.24, 2.45) is 11.5 Å². The summed E-state index contributed by atoms with van der Waals surface area (Å²) in [5.41, 5.74) is 22.3. The number of anilines is 1. The van der Waals surface area contributed by atoms with Crippen LogP contribution in [0.2, 0.25) is 5.15 Å². The van der Waals surface area contributed by atoms with Gasteiger partial charge in [0.05, 0.1) is 49.9 Å². The second-order valence-electron chi connectivity index (χ2n) is 11.4. The van der Waals surface area contributed by atoms with Gasteiger partial charge in [0.1, 0.15) is 40.8 Å². The first-order valence-electron chi connectivity index (χ1n) is 17.0. The minimum Gasteiger partial charge on any atom is -1.00 e. The minimum absolute atomic E-state index is 0. The van der Waals surface area contributed by atoms with E-state index in [1.807, 2.05) is 74.5 Å². The Morgan fingerprint density at radius 1 is 0.625 bits per heavy atom. The van der Waals surface area contributed by atoms with Crippen molar-refractivity contribution in [3.8, 4) is 45.5 Å². The Bertz CT molecular complexity index is 2220. The van der Waals surface area contributed by atoms with E-state index >= 15 is 0 Å². The van der Waals surface area contributed by atoms with Gasteiger partial charge in [-0.05, 0) is 80.1 Å². The Hall–Kier alpha value is -6.44. The maximum absolute atomic E-state index is 11.6. The van der Waals surface area contributed by atoms with E-state index in [2.05, 4.69) is 19.9 Å². The lowest BCUT2D eigenvalue weighted by Crippen LogP contribution is -3.00. The molecule has 6 rings (SSSR count). The van der Waals surface area contributed by atoms with Gasteiger partial charge >= 0.3 is 0 Å². The molecule has 4 aromatic carbocycles. The zero-order chi connectivity index (χ0) is 39.7. The normalized spacial score (nSPS) is 9.95. The third kappa shape index (κ3) is 12.3. The predicted octanol–water partition coefficient (Wildman–Crippen LogP) is 3.82. The molecule has 0 aliphatic carbocycles. The van der Waals surface area contributed by atoms with E-state index in [4.69, 9.17) is 47.7 Å². The first kappa shape index (κ1) is 44.0. The number of aromatic nitrogens is 4. The van der Waals surface area contributed by atoms with Crippen LogP contribution in [0.3, 0.4) is 0 Å². The van der Waals surface area contributed by atoms with Crippen molar-refractivity contribution in [3.63, 3.8) is 0 Å². The summed E-state index contributed by atoms with van der Waals surface area (Å²) in [4.78, 5) is 39.2. The third-order valence-electron chi connectivity index (χ3n) is 7.69. The van der Waals surface area contributed by atoms with Crippen LogP contribution in [0, 0.1) is 0 Å². The van der Waals surface area contributed by atoms with Crippen molar-refractivity contribution in [1.29, 1.82) is 0 Å². The lowest BCUT2D eigenvalue weighted by molar-refractivity contribution is -0.0000295. The van der Waals surface area contributed by atoms with Gasteiger partial charge in [0.25, 0.3) is 11.8 Å². The van der Waals surface area contributed by atoms with Gasteiger partial charge in [0, 0.05) is 35.0 Å². The van der Waals surface area contributed by atoms with Gasteiger partial charge in [0.15, 0.2) is 0 Å². The standard InChI is InChI=1S/C21H21N3O3.C12H11ClN2O.C8H10N2O2.ClH/c1-3-27-20-7-5-4-6-16(20)18-12-15(23-13-24-18)10-14-8-9-19(26-2)17(11-14)21(22)25;1-2-16-11-6-4-3-5-9(11)10-7-12(13)15-8-14-10;1-12-7-3-2-5(9)4-6(7)8(10)11;/h4-9,11-13H,3,10H2,1-2H3,(H2,22,25);3-8H,2H2,1H3;2-4H,9H2,1H3,(H2,10,11);1H/p-1. The molecule has 56 heavy (non-hydrogen) atoms. The quantitative estimate of drug-likeness (QED) is 0.120. The van der Waals surface area contributed by atoms with Crippen LogP contribution in [-0.2, 0) is 6.42 Å². The second-order valence-corrected chi connectivity index (χ2v) is 11.8. The van der Waals surface area contributed by atoms with Crippen molar-refractivity contribution >= 4 is 29.1 Å². The molecule has 0 aliphatic rings. The van der Waals surface area contributed by atoms with E-state index in [9.17, 15) is 9.59 Å². The molecular formula is C41H42Cl2N7O6-. The fraction of sp³-hybridized carbons (Fsp3) is 0.171. The number of primary amides is 2. The molecule has 0 aliphatic heterocycles. The molecule has 0 unspecified atom stereocenters. The summed E-state index contributed by atoms with van der Waals surface area (Å²) in [6.07, 6.45) is 3.52. The summed E-state index contributed by atoms with van der Waals surface area (Å²) < 4.78 is 21.3. The van der Waals surface area contributed by atoms with E-state index in [1.165, 1.54) is 32.9 Å². The number of nitrogen functional groups attached to an aromatic ring is 1. The van der Waals surface area contributed by atoms with Crippen molar-refractivity contribution in [1.82, 2.24) is 19.9 Å². The number of carbonyl (C=O) groups is 2. The van der Waals surface area contributed by atoms with E-state index < -0.39 is 11.8 Å². The summed E-state index contributed by atoms with van der Waals surface area (Å²) >= 11 is 5.83. The number of para-hydroxylation sites is 2. The first-order chi connectivity index (χ1) is 26.6. The van der Waals surface area contributed by atoms with E-state index in [0.29, 0.717) is 53.1 Å². The van der Waals surface area contributed by atoms with Crippen LogP contribution in [0.25, 0.3) is 22.5 Å². The average molecular weight is 800 g/mol. The van der Waals surface area contributed by atoms with Gasteiger partial charge in [0.2, 0.25) is 0 Å². The number of ether oxygens (including phenoxy) is 4. The summed E-state index contributed by atoms with van der Waals surface area (Å²) in [5, 5.41) is 0.427. The molecule has 2 amide bonds. The van der Waals surface area contributed by atoms with Crippen LogP contribution in [0.1, 0.15) is 45.8 Å². The maximum Gasteiger partial charge on any atom is 0.252 e. The number of amides is 2. The topological polar surface area (TPSA) is 201 Å². The van der Waals surface area contributed by atoms with Gasteiger partial charge in [-0.25, -0.2) is 19.9 Å². The Balaban J connectivity index is 0.000000246. The van der Waals surface area contributed by atoms with Gasteiger partial charge < -0.3 is 48.6 Å². The van der Waals surface area contributed by atoms with Gasteiger partial charge in [-0.15, -0.1) is 0 Å². The Morgan fingerprint density at radius 2 is 1.12 bits per heavy atom. The zero-order valence-corrected chi connectivity index (χ0v) is 32.8. The summed E-state index contributed by atoms with van der Waals surface area (Å²) in [7, 11) is 2.98. The number of nitrogens with two attached hydrogens (primary N) is 3. The fourth-order valence-electron chi connectivity index (χ4n) is 5.23. The second kappa shape index (κ2) is 22.1. The van der Waals surface area contributed by atoms with Gasteiger partial charge in [-0.3, -0.25) is 9.59 Å². The Kier molecular flexibility index (Phi) is 17.3. The zero-order valence-electron chi connectivity index (χ0n) is 31.2. The number of nitrogens with zero attached hydrogens (tertiary/aromatic N) is 4. The Labute approximate surface area is 336 Å². The molecule has 15 heteroatoms. The largest absolute Gasteiger partial charge is 1.00 e. The lowest BCUT2D eigenvalue weighted by Gasteiger charge is -2.11. The van der Waals surface area contributed by atoms with Crippen LogP contribution in [0.4, 0.5) is 5.69 Å². The molecule has 0 bridgehead atoms. The number of hydrogen-bond donors (Lipinski definition) is 3. The van der Waals surface area contributed by atoms with Crippen LogP contribution in [0.15, 0.2) is 110 Å². The molecule has 0 saturated carbocycles. The monoisotopic (exact) mass is 798 g/mol. The van der Waals surface area contributed by atoms with Crippen LogP contribution >= 0.6 is 11.6 Å². The highest BCUT2D eigenvalue weighted by atomic mass is 35.5. The molecule has 6 aromatic rings. The van der Waals surface area contributed by atoms with Crippen molar-refractivity contribution in [2.45, 2.75) is 20.3 Å². The summed E-state index contributed by atoms with van der Waals surface area (Å²) in [6, 6.07) is 29.2. The van der Waals surface area contributed by atoms with E-state index in [-0.39, 0.29) is 12.4 Å². The van der Waals surface area contributed by atoms with Crippen LogP contribution < -0.4 is 48.6 Å². The molecule has 13 nitrogen and oxygen atoms in total. The molecule has 2 heterocycles. The molecule has 0 atom stereocenters. The molecule has 0 spiro atoms. The SMILES string of the molecule is CCOc1ccccc1-c1cc(Cc2ccc(OC)c(C(N)=O)c2)ncn1.CCOc1ccccc1-c1cc(Cl)ncn1.COc1ccc(N)cc1C(N)=O.[Cl-]. The number of hydrogen-bond acceptors (Lipinski definition) is 11. The highest BCUT2D eigenvalue weighted by Gasteiger charge is 2.13. The minimum atomic E-state index is -0.542. The number of carbonyl (C=O) groups excluding carboxylic acids is 2.